The summed E-state index contributed by atoms with van der Waals surface area (Å²) in [6, 6.07) is 7.62. The second kappa shape index (κ2) is 5.80. The molecule has 1 heterocycles. The van der Waals surface area contributed by atoms with Gasteiger partial charge in [0, 0.05) is 28.8 Å². The monoisotopic (exact) mass is 294 g/mol. The lowest BCUT2D eigenvalue weighted by Crippen LogP contribution is -1.90. The fourth-order valence-corrected chi connectivity index (χ4v) is 3.08. The van der Waals surface area contributed by atoms with Crippen molar-refractivity contribution >= 4 is 29.1 Å². The third kappa shape index (κ3) is 3.19. The van der Waals surface area contributed by atoms with E-state index in [4.69, 9.17) is 11.6 Å². The first-order chi connectivity index (χ1) is 8.99. The first-order valence-electron chi connectivity index (χ1n) is 5.91. The van der Waals surface area contributed by atoms with Crippen molar-refractivity contribution in [3.8, 4) is 0 Å². The Morgan fingerprint density at radius 3 is 2.47 bits per heavy atom. The molecule has 0 bridgehead atoms. The summed E-state index contributed by atoms with van der Waals surface area (Å²) in [5.41, 5.74) is 2.75. The first-order valence-corrected chi connectivity index (χ1v) is 7.27. The molecule has 3 nitrogen and oxygen atoms in total. The molecule has 100 valence electrons. The number of aromatic nitrogens is 2. The van der Waals surface area contributed by atoms with Crippen LogP contribution in [0.2, 0.25) is 5.15 Å². The Hall–Kier alpha value is -1.26. The maximum absolute atomic E-state index is 11.2. The Morgan fingerprint density at radius 2 is 2.00 bits per heavy atom. The van der Waals surface area contributed by atoms with Crippen molar-refractivity contribution in [3.63, 3.8) is 0 Å². The Labute approximate surface area is 122 Å². The second-order valence-corrected chi connectivity index (χ2v) is 5.75. The molecule has 2 aromatic rings. The Kier molecular flexibility index (Phi) is 4.32. The molecule has 0 N–H and O–H groups in total. The summed E-state index contributed by atoms with van der Waals surface area (Å²) in [6.45, 7) is 3.53. The molecule has 19 heavy (non-hydrogen) atoms. The number of carbonyl (C=O) groups excluding carboxylic acids is 1. The van der Waals surface area contributed by atoms with E-state index < -0.39 is 0 Å². The van der Waals surface area contributed by atoms with Gasteiger partial charge in [0.05, 0.1) is 5.69 Å². The van der Waals surface area contributed by atoms with Gasteiger partial charge in [-0.05, 0) is 26.0 Å². The predicted molar refractivity (Wildman–Crippen MR) is 79.0 cm³/mol. The van der Waals surface area contributed by atoms with Crippen LogP contribution in [0.4, 0.5) is 0 Å². The van der Waals surface area contributed by atoms with Gasteiger partial charge in [-0.25, -0.2) is 0 Å². The van der Waals surface area contributed by atoms with E-state index in [1.54, 1.807) is 23.4 Å². The summed E-state index contributed by atoms with van der Waals surface area (Å²) in [6.07, 6.45) is 0. The lowest BCUT2D eigenvalue weighted by molar-refractivity contribution is 0.101. The van der Waals surface area contributed by atoms with E-state index in [2.05, 4.69) is 5.10 Å². The quantitative estimate of drug-likeness (QED) is 0.634. The SMILES string of the molecule is CC(=O)c1ccc(SCc2c(C)nn(C)c2Cl)cc1. The Balaban J connectivity index is 2.08. The number of carbonyl (C=O) groups is 1. The molecule has 0 aliphatic heterocycles. The van der Waals surface area contributed by atoms with E-state index in [1.165, 1.54) is 0 Å². The summed E-state index contributed by atoms with van der Waals surface area (Å²) in [7, 11) is 1.84. The van der Waals surface area contributed by atoms with Gasteiger partial charge >= 0.3 is 0 Å². The van der Waals surface area contributed by atoms with Crippen molar-refractivity contribution in [2.75, 3.05) is 0 Å². The number of benzene rings is 1. The minimum Gasteiger partial charge on any atom is -0.295 e. The van der Waals surface area contributed by atoms with Crippen molar-refractivity contribution in [3.05, 3.63) is 46.2 Å². The summed E-state index contributed by atoms with van der Waals surface area (Å²) < 4.78 is 1.69. The van der Waals surface area contributed by atoms with Crippen molar-refractivity contribution in [2.45, 2.75) is 24.5 Å². The number of Topliss-reactive ketones (excluding diaryl/α,β-unsaturated/α-hetero) is 1. The average molecular weight is 295 g/mol. The van der Waals surface area contributed by atoms with Crippen LogP contribution in [0.1, 0.15) is 28.5 Å². The largest absolute Gasteiger partial charge is 0.295 e. The van der Waals surface area contributed by atoms with Crippen molar-refractivity contribution < 1.29 is 4.79 Å². The van der Waals surface area contributed by atoms with E-state index in [1.807, 2.05) is 38.2 Å². The van der Waals surface area contributed by atoms with Crippen LogP contribution >= 0.6 is 23.4 Å². The number of hydrogen-bond donors (Lipinski definition) is 0. The number of nitrogens with zero attached hydrogens (tertiary/aromatic N) is 2. The second-order valence-electron chi connectivity index (χ2n) is 4.35. The van der Waals surface area contributed by atoms with Crippen LogP contribution in [0.25, 0.3) is 0 Å². The minimum absolute atomic E-state index is 0.0858. The molecule has 0 fully saturated rings. The molecule has 0 saturated carbocycles. The zero-order valence-corrected chi connectivity index (χ0v) is 12.7. The molecule has 0 spiro atoms. The molecule has 0 atom stereocenters. The van der Waals surface area contributed by atoms with Crippen molar-refractivity contribution in [1.29, 1.82) is 0 Å². The molecular formula is C14H15ClN2OS. The molecule has 0 aliphatic carbocycles. The van der Waals surface area contributed by atoms with E-state index in [-0.39, 0.29) is 5.78 Å². The van der Waals surface area contributed by atoms with E-state index in [0.717, 1.165) is 27.5 Å². The first kappa shape index (κ1) is 14.2. The van der Waals surface area contributed by atoms with Crippen molar-refractivity contribution in [2.24, 2.45) is 7.05 Å². The van der Waals surface area contributed by atoms with Crippen LogP contribution in [0.5, 0.6) is 0 Å². The molecule has 1 aromatic heterocycles. The fourth-order valence-electron chi connectivity index (χ4n) is 1.78. The third-order valence-electron chi connectivity index (χ3n) is 2.91. The molecule has 0 radical (unpaired) electrons. The Bertz CT molecular complexity index is 605. The van der Waals surface area contributed by atoms with Gasteiger partial charge in [0.1, 0.15) is 5.15 Å². The molecule has 0 saturated heterocycles. The van der Waals surface area contributed by atoms with Gasteiger partial charge in [0.25, 0.3) is 0 Å². The van der Waals surface area contributed by atoms with Crippen LogP contribution in [0.3, 0.4) is 0 Å². The highest BCUT2D eigenvalue weighted by Crippen LogP contribution is 2.28. The van der Waals surface area contributed by atoms with Gasteiger partial charge in [-0.3, -0.25) is 9.48 Å². The molecule has 0 amide bonds. The summed E-state index contributed by atoms with van der Waals surface area (Å²) >= 11 is 7.88. The number of rotatable bonds is 4. The zero-order valence-electron chi connectivity index (χ0n) is 11.1. The van der Waals surface area contributed by atoms with Crippen molar-refractivity contribution in [1.82, 2.24) is 9.78 Å². The van der Waals surface area contributed by atoms with Gasteiger partial charge in [-0.1, -0.05) is 23.7 Å². The molecule has 1 aromatic carbocycles. The van der Waals surface area contributed by atoms with Gasteiger partial charge in [-0.2, -0.15) is 5.10 Å². The molecule has 2 rings (SSSR count). The van der Waals surface area contributed by atoms with Crippen LogP contribution in [0, 0.1) is 6.92 Å². The molecular weight excluding hydrogens is 280 g/mol. The average Bonchev–Trinajstić information content (AvgIpc) is 2.62. The van der Waals surface area contributed by atoms with Crippen LogP contribution in [0.15, 0.2) is 29.2 Å². The number of halogens is 1. The number of ketones is 1. The lowest BCUT2D eigenvalue weighted by Gasteiger charge is -2.03. The highest BCUT2D eigenvalue weighted by Gasteiger charge is 2.11. The highest BCUT2D eigenvalue weighted by molar-refractivity contribution is 7.98. The van der Waals surface area contributed by atoms with Crippen LogP contribution in [-0.4, -0.2) is 15.6 Å². The molecule has 0 aliphatic rings. The van der Waals surface area contributed by atoms with E-state index in [9.17, 15) is 4.79 Å². The summed E-state index contributed by atoms with van der Waals surface area (Å²) in [4.78, 5) is 12.3. The fraction of sp³-hybridized carbons (Fsp3) is 0.286. The smallest absolute Gasteiger partial charge is 0.159 e. The van der Waals surface area contributed by atoms with Gasteiger partial charge in [-0.15, -0.1) is 11.8 Å². The van der Waals surface area contributed by atoms with Gasteiger partial charge in [0.15, 0.2) is 5.78 Å². The lowest BCUT2D eigenvalue weighted by atomic mass is 10.2. The van der Waals surface area contributed by atoms with E-state index >= 15 is 0 Å². The normalized spacial score (nSPS) is 10.7. The van der Waals surface area contributed by atoms with Crippen LogP contribution < -0.4 is 0 Å². The zero-order chi connectivity index (χ0) is 14.0. The molecule has 0 unspecified atom stereocenters. The maximum Gasteiger partial charge on any atom is 0.159 e. The third-order valence-corrected chi connectivity index (χ3v) is 4.43. The maximum atomic E-state index is 11.2. The van der Waals surface area contributed by atoms with Crippen LogP contribution in [-0.2, 0) is 12.8 Å². The van der Waals surface area contributed by atoms with Gasteiger partial charge < -0.3 is 0 Å². The van der Waals surface area contributed by atoms with Gasteiger partial charge in [0.2, 0.25) is 0 Å². The number of aryl methyl sites for hydroxylation is 2. The summed E-state index contributed by atoms with van der Waals surface area (Å²) in [5, 5.41) is 4.97. The highest BCUT2D eigenvalue weighted by atomic mass is 35.5. The standard InChI is InChI=1S/C14H15ClN2OS/c1-9-13(14(15)17(3)16-9)8-19-12-6-4-11(5-7-12)10(2)18/h4-7H,8H2,1-3H3. The van der Waals surface area contributed by atoms with E-state index in [0.29, 0.717) is 5.15 Å². The molecule has 5 heteroatoms. The Morgan fingerprint density at radius 1 is 1.37 bits per heavy atom. The number of hydrogen-bond acceptors (Lipinski definition) is 3. The topological polar surface area (TPSA) is 34.9 Å². The predicted octanol–water partition coefficient (Wildman–Crippen LogP) is 3.88. The minimum atomic E-state index is 0.0858. The number of thioether (sulfide) groups is 1. The summed E-state index contributed by atoms with van der Waals surface area (Å²) in [5.74, 6) is 0.862.